The van der Waals surface area contributed by atoms with Crippen LogP contribution in [0.1, 0.15) is 24.8 Å². The minimum Gasteiger partial charge on any atom is -0.481 e. The summed E-state index contributed by atoms with van der Waals surface area (Å²) in [4.78, 5) is 21.9. The maximum absolute atomic E-state index is 11.2. The van der Waals surface area contributed by atoms with Gasteiger partial charge in [0.25, 0.3) is 0 Å². The molecule has 0 aromatic heterocycles. The van der Waals surface area contributed by atoms with Crippen molar-refractivity contribution in [3.05, 3.63) is 59.7 Å². The molecule has 4 heteroatoms. The molecule has 2 N–H and O–H groups in total. The van der Waals surface area contributed by atoms with E-state index in [4.69, 9.17) is 5.11 Å². The third kappa shape index (κ3) is 4.31. The van der Waals surface area contributed by atoms with Crippen molar-refractivity contribution in [1.29, 1.82) is 0 Å². The van der Waals surface area contributed by atoms with Crippen LogP contribution in [0.15, 0.2) is 54.1 Å². The molecule has 0 saturated carbocycles. The highest BCUT2D eigenvalue weighted by Gasteiger charge is 2.31. The summed E-state index contributed by atoms with van der Waals surface area (Å²) in [6.45, 7) is 0. The molecule has 2 rings (SSSR count). The summed E-state index contributed by atoms with van der Waals surface area (Å²) in [5.41, 5.74) is 1.34. The first-order chi connectivity index (χ1) is 9.99. The van der Waals surface area contributed by atoms with Gasteiger partial charge in [-0.05, 0) is 24.0 Å². The van der Waals surface area contributed by atoms with E-state index in [1.54, 1.807) is 6.08 Å². The number of allylic oxidation sites excluding steroid dienone is 3. The summed E-state index contributed by atoms with van der Waals surface area (Å²) in [5, 5.41) is 18.0. The molecule has 0 fully saturated rings. The summed E-state index contributed by atoms with van der Waals surface area (Å²) < 4.78 is 0. The number of hydrogen-bond acceptors (Lipinski definition) is 2. The monoisotopic (exact) mass is 286 g/mol. The molecule has 0 amide bonds. The molecule has 110 valence electrons. The Hall–Kier alpha value is -2.36. The van der Waals surface area contributed by atoms with Crippen molar-refractivity contribution in [2.45, 2.75) is 25.7 Å². The zero-order chi connectivity index (χ0) is 15.3. The number of benzene rings is 1. The van der Waals surface area contributed by atoms with Gasteiger partial charge in [-0.25, -0.2) is 0 Å². The molecule has 0 bridgehead atoms. The van der Waals surface area contributed by atoms with E-state index in [1.807, 2.05) is 42.5 Å². The molecule has 21 heavy (non-hydrogen) atoms. The van der Waals surface area contributed by atoms with Crippen molar-refractivity contribution in [1.82, 2.24) is 0 Å². The topological polar surface area (TPSA) is 74.6 Å². The molecule has 1 aliphatic rings. The van der Waals surface area contributed by atoms with Gasteiger partial charge in [0.1, 0.15) is 0 Å². The Kier molecular flexibility index (Phi) is 4.58. The first-order valence-electron chi connectivity index (χ1n) is 6.85. The third-order valence-electron chi connectivity index (χ3n) is 3.68. The van der Waals surface area contributed by atoms with Crippen molar-refractivity contribution < 1.29 is 19.8 Å². The molecular weight excluding hydrogens is 268 g/mol. The Morgan fingerprint density at radius 1 is 1.10 bits per heavy atom. The van der Waals surface area contributed by atoms with E-state index in [2.05, 4.69) is 0 Å². The van der Waals surface area contributed by atoms with Crippen LogP contribution in [-0.4, -0.2) is 22.2 Å². The van der Waals surface area contributed by atoms with Crippen LogP contribution >= 0.6 is 0 Å². The lowest BCUT2D eigenvalue weighted by Gasteiger charge is -2.31. The van der Waals surface area contributed by atoms with Crippen molar-refractivity contribution >= 4 is 11.9 Å². The molecule has 0 saturated heterocycles. The average Bonchev–Trinajstić information content (AvgIpc) is 2.41. The third-order valence-corrected chi connectivity index (χ3v) is 3.68. The molecule has 1 atom stereocenters. The zero-order valence-electron chi connectivity index (χ0n) is 11.7. The maximum atomic E-state index is 11.2. The lowest BCUT2D eigenvalue weighted by Crippen LogP contribution is -2.26. The van der Waals surface area contributed by atoms with E-state index in [9.17, 15) is 14.7 Å². The normalized spacial score (nSPS) is 20.9. The van der Waals surface area contributed by atoms with Crippen LogP contribution in [0.25, 0.3) is 0 Å². The van der Waals surface area contributed by atoms with Gasteiger partial charge in [-0.1, -0.05) is 48.6 Å². The Morgan fingerprint density at radius 3 is 2.33 bits per heavy atom. The molecule has 0 aliphatic heterocycles. The van der Waals surface area contributed by atoms with Crippen LogP contribution in [0, 0.1) is 5.41 Å². The first-order valence-corrected chi connectivity index (χ1v) is 6.85. The van der Waals surface area contributed by atoms with Gasteiger partial charge in [0, 0.05) is 5.41 Å². The van der Waals surface area contributed by atoms with Crippen LogP contribution in [0.3, 0.4) is 0 Å². The quantitative estimate of drug-likeness (QED) is 0.842. The van der Waals surface area contributed by atoms with E-state index < -0.39 is 17.4 Å². The van der Waals surface area contributed by atoms with Crippen LogP contribution < -0.4 is 0 Å². The smallest absolute Gasteiger partial charge is 0.307 e. The molecule has 1 unspecified atom stereocenters. The largest absolute Gasteiger partial charge is 0.481 e. The van der Waals surface area contributed by atoms with Crippen LogP contribution in [0.5, 0.6) is 0 Å². The molecule has 1 aliphatic carbocycles. The minimum absolute atomic E-state index is 0.0228. The SMILES string of the molecule is O=C(O)CC1=CCC(CC(=O)O)(Cc2ccccc2)C=C1. The summed E-state index contributed by atoms with van der Waals surface area (Å²) in [6, 6.07) is 9.75. The number of carbonyl (C=O) groups is 2. The summed E-state index contributed by atoms with van der Waals surface area (Å²) in [5.74, 6) is -1.72. The van der Waals surface area contributed by atoms with E-state index in [-0.39, 0.29) is 12.8 Å². The highest BCUT2D eigenvalue weighted by atomic mass is 16.4. The van der Waals surface area contributed by atoms with Crippen molar-refractivity contribution in [3.63, 3.8) is 0 Å². The van der Waals surface area contributed by atoms with Gasteiger partial charge < -0.3 is 10.2 Å². The Bertz CT molecular complexity index is 586. The second-order valence-electron chi connectivity index (χ2n) is 5.48. The zero-order valence-corrected chi connectivity index (χ0v) is 11.7. The van der Waals surface area contributed by atoms with E-state index >= 15 is 0 Å². The van der Waals surface area contributed by atoms with Crippen molar-refractivity contribution in [2.24, 2.45) is 5.41 Å². The highest BCUT2D eigenvalue weighted by Crippen LogP contribution is 2.37. The fourth-order valence-corrected chi connectivity index (χ4v) is 2.69. The number of carboxylic acids is 2. The second kappa shape index (κ2) is 6.39. The minimum atomic E-state index is -0.875. The van der Waals surface area contributed by atoms with E-state index in [0.29, 0.717) is 12.8 Å². The number of aliphatic carboxylic acids is 2. The maximum Gasteiger partial charge on any atom is 0.307 e. The lowest BCUT2D eigenvalue weighted by atomic mass is 9.73. The summed E-state index contributed by atoms with van der Waals surface area (Å²) in [7, 11) is 0. The Labute approximate surface area is 123 Å². The molecule has 1 aromatic carbocycles. The van der Waals surface area contributed by atoms with Crippen LogP contribution in [0.2, 0.25) is 0 Å². The summed E-state index contributed by atoms with van der Waals surface area (Å²) >= 11 is 0. The van der Waals surface area contributed by atoms with Gasteiger partial charge in [-0.3, -0.25) is 9.59 Å². The van der Waals surface area contributed by atoms with Crippen LogP contribution in [0.4, 0.5) is 0 Å². The fourth-order valence-electron chi connectivity index (χ4n) is 2.69. The van der Waals surface area contributed by atoms with Gasteiger partial charge in [-0.2, -0.15) is 0 Å². The van der Waals surface area contributed by atoms with Gasteiger partial charge >= 0.3 is 11.9 Å². The van der Waals surface area contributed by atoms with Gasteiger partial charge in [0.05, 0.1) is 12.8 Å². The second-order valence-corrected chi connectivity index (χ2v) is 5.48. The standard InChI is InChI=1S/C17H18O4/c18-15(19)10-13-6-8-17(9-7-13,12-16(20)21)11-14-4-2-1-3-5-14/h1-8H,9-12H2,(H,18,19)(H,20,21). The molecule has 0 spiro atoms. The van der Waals surface area contributed by atoms with Gasteiger partial charge in [0.15, 0.2) is 0 Å². The van der Waals surface area contributed by atoms with Gasteiger partial charge in [0.2, 0.25) is 0 Å². The molecule has 4 nitrogen and oxygen atoms in total. The Morgan fingerprint density at radius 2 is 1.81 bits per heavy atom. The van der Waals surface area contributed by atoms with Crippen molar-refractivity contribution in [3.8, 4) is 0 Å². The van der Waals surface area contributed by atoms with Gasteiger partial charge in [-0.15, -0.1) is 0 Å². The lowest BCUT2D eigenvalue weighted by molar-refractivity contribution is -0.139. The molecule has 0 heterocycles. The highest BCUT2D eigenvalue weighted by molar-refractivity contribution is 5.71. The number of carboxylic acid groups (broad SMARTS) is 2. The molecule has 0 radical (unpaired) electrons. The van der Waals surface area contributed by atoms with Crippen LogP contribution in [-0.2, 0) is 16.0 Å². The first kappa shape index (κ1) is 15.0. The Balaban J connectivity index is 2.17. The molecular formula is C17H18O4. The number of rotatable bonds is 6. The molecule has 1 aromatic rings. The summed E-state index contributed by atoms with van der Waals surface area (Å²) in [6.07, 6.45) is 6.66. The van der Waals surface area contributed by atoms with Crippen molar-refractivity contribution in [2.75, 3.05) is 0 Å². The van der Waals surface area contributed by atoms with E-state index in [1.165, 1.54) is 0 Å². The van der Waals surface area contributed by atoms with E-state index in [0.717, 1.165) is 11.1 Å². The average molecular weight is 286 g/mol. The predicted octanol–water partition coefficient (Wildman–Crippen LogP) is 3.05. The fraction of sp³-hybridized carbons (Fsp3) is 0.294. The predicted molar refractivity (Wildman–Crippen MR) is 78.9 cm³/mol. The number of hydrogen-bond donors (Lipinski definition) is 2.